The van der Waals surface area contributed by atoms with Crippen LogP contribution in [0.2, 0.25) is 5.02 Å². The molecular formula is C30H27ClN2O5S. The number of thioether (sulfide) groups is 1. The molecule has 9 heteroatoms. The molecule has 4 aromatic rings. The average Bonchev–Trinajstić information content (AvgIpc) is 2.97. The Hall–Kier alpha value is -4.14. The smallest absolute Gasteiger partial charge is 0.255 e. The fourth-order valence-electron chi connectivity index (χ4n) is 3.76. The Morgan fingerprint density at radius 3 is 2.05 bits per heavy atom. The molecule has 0 radical (unpaired) electrons. The number of carbonyl (C=O) groups is 2. The highest BCUT2D eigenvalue weighted by Gasteiger charge is 2.24. The normalized spacial score (nSPS) is 11.3. The van der Waals surface area contributed by atoms with E-state index in [1.165, 1.54) is 26.0 Å². The lowest BCUT2D eigenvalue weighted by atomic mass is 10.1. The van der Waals surface area contributed by atoms with Crippen LogP contribution in [-0.2, 0) is 4.79 Å². The molecule has 1 unspecified atom stereocenters. The summed E-state index contributed by atoms with van der Waals surface area (Å²) in [4.78, 5) is 27.0. The van der Waals surface area contributed by atoms with Gasteiger partial charge in [0, 0.05) is 22.2 Å². The Labute approximate surface area is 236 Å². The number of anilines is 2. The molecule has 0 saturated heterocycles. The Morgan fingerprint density at radius 2 is 1.44 bits per heavy atom. The lowest BCUT2D eigenvalue weighted by molar-refractivity contribution is -0.115. The van der Waals surface area contributed by atoms with Crippen molar-refractivity contribution in [1.29, 1.82) is 0 Å². The van der Waals surface area contributed by atoms with Crippen LogP contribution in [0.3, 0.4) is 0 Å². The maximum atomic E-state index is 13.5. The molecule has 200 valence electrons. The Bertz CT molecular complexity index is 1430. The van der Waals surface area contributed by atoms with Crippen LogP contribution in [0.5, 0.6) is 17.2 Å². The predicted octanol–water partition coefficient (Wildman–Crippen LogP) is 7.09. The second-order valence-electron chi connectivity index (χ2n) is 8.29. The van der Waals surface area contributed by atoms with Crippen molar-refractivity contribution in [2.45, 2.75) is 10.1 Å². The third kappa shape index (κ3) is 7.04. The Balaban J connectivity index is 1.51. The Morgan fingerprint density at radius 1 is 0.769 bits per heavy atom. The maximum absolute atomic E-state index is 13.5. The van der Waals surface area contributed by atoms with Gasteiger partial charge in [0.1, 0.15) is 22.5 Å². The van der Waals surface area contributed by atoms with E-state index in [-0.39, 0.29) is 11.8 Å². The molecule has 0 aliphatic rings. The zero-order valence-electron chi connectivity index (χ0n) is 21.6. The summed E-state index contributed by atoms with van der Waals surface area (Å²) in [5.41, 5.74) is 2.42. The molecule has 2 amide bonds. The summed E-state index contributed by atoms with van der Waals surface area (Å²) >= 11 is 7.68. The second kappa shape index (κ2) is 13.1. The topological polar surface area (TPSA) is 85.9 Å². The molecule has 39 heavy (non-hydrogen) atoms. The summed E-state index contributed by atoms with van der Waals surface area (Å²) in [5, 5.41) is 5.61. The number of hydrogen-bond donors (Lipinski definition) is 2. The van der Waals surface area contributed by atoms with Gasteiger partial charge in [-0.2, -0.15) is 0 Å². The second-order valence-corrected chi connectivity index (χ2v) is 9.88. The van der Waals surface area contributed by atoms with Crippen molar-refractivity contribution < 1.29 is 23.8 Å². The van der Waals surface area contributed by atoms with Gasteiger partial charge in [-0.25, -0.2) is 0 Å². The third-order valence-corrected chi connectivity index (χ3v) is 7.35. The van der Waals surface area contributed by atoms with Crippen molar-refractivity contribution in [3.8, 4) is 17.2 Å². The van der Waals surface area contributed by atoms with Gasteiger partial charge in [0.15, 0.2) is 0 Å². The quantitative estimate of drug-likeness (QED) is 0.201. The van der Waals surface area contributed by atoms with E-state index in [2.05, 4.69) is 10.6 Å². The van der Waals surface area contributed by atoms with Gasteiger partial charge in [0.25, 0.3) is 5.91 Å². The first-order chi connectivity index (χ1) is 18.9. The van der Waals surface area contributed by atoms with Crippen LogP contribution in [0, 0.1) is 0 Å². The van der Waals surface area contributed by atoms with Crippen LogP contribution >= 0.6 is 23.4 Å². The number of rotatable bonds is 10. The highest BCUT2D eigenvalue weighted by atomic mass is 35.5. The van der Waals surface area contributed by atoms with Crippen molar-refractivity contribution in [2.24, 2.45) is 0 Å². The Kier molecular flexibility index (Phi) is 9.35. The lowest BCUT2D eigenvalue weighted by Crippen LogP contribution is -2.19. The minimum atomic E-state index is -0.573. The molecule has 0 aliphatic heterocycles. The van der Waals surface area contributed by atoms with Crippen LogP contribution in [0.1, 0.15) is 21.2 Å². The van der Waals surface area contributed by atoms with Crippen molar-refractivity contribution >= 4 is 46.6 Å². The van der Waals surface area contributed by atoms with E-state index in [9.17, 15) is 9.59 Å². The molecule has 4 rings (SSSR count). The number of nitrogens with one attached hydrogen (secondary N) is 2. The molecule has 2 N–H and O–H groups in total. The van der Waals surface area contributed by atoms with Crippen LogP contribution in [-0.4, -0.2) is 33.1 Å². The van der Waals surface area contributed by atoms with E-state index in [1.807, 2.05) is 42.5 Å². The molecule has 7 nitrogen and oxygen atoms in total. The standard InChI is InChI=1S/C30H27ClN2O5S/c1-36-22-13-9-20(10-14-22)29(34)32-21-11-15-23(16-12-21)39-28(19-7-5-4-6-8-19)30(35)33-25-17-24(31)26(37-2)18-27(25)38-3/h4-18,28H,1-3H3,(H,32,34)(H,33,35). The predicted molar refractivity (Wildman–Crippen MR) is 156 cm³/mol. The SMILES string of the molecule is COc1ccc(C(=O)Nc2ccc(SC(C(=O)Nc3cc(Cl)c(OC)cc3OC)c3ccccc3)cc2)cc1. The molecule has 0 aromatic heterocycles. The van der Waals surface area contributed by atoms with Crippen molar-refractivity contribution in [3.63, 3.8) is 0 Å². The first-order valence-corrected chi connectivity index (χ1v) is 13.2. The van der Waals surface area contributed by atoms with Gasteiger partial charge < -0.3 is 24.8 Å². The summed E-state index contributed by atoms with van der Waals surface area (Å²) in [6, 6.07) is 26.9. The van der Waals surface area contributed by atoms with Gasteiger partial charge in [-0.15, -0.1) is 11.8 Å². The summed E-state index contributed by atoms with van der Waals surface area (Å²) in [7, 11) is 4.60. The number of methoxy groups -OCH3 is 3. The van der Waals surface area contributed by atoms with Crippen LogP contribution in [0.15, 0.2) is 95.9 Å². The summed E-state index contributed by atoms with van der Waals surface area (Å²) in [5.74, 6) is 1.07. The highest BCUT2D eigenvalue weighted by Crippen LogP contribution is 2.40. The van der Waals surface area contributed by atoms with Crippen LogP contribution in [0.4, 0.5) is 11.4 Å². The highest BCUT2D eigenvalue weighted by molar-refractivity contribution is 8.00. The van der Waals surface area contributed by atoms with E-state index < -0.39 is 5.25 Å². The van der Waals surface area contributed by atoms with Gasteiger partial charge in [0.2, 0.25) is 5.91 Å². The molecular weight excluding hydrogens is 536 g/mol. The zero-order chi connectivity index (χ0) is 27.8. The molecule has 0 bridgehead atoms. The fraction of sp³-hybridized carbons (Fsp3) is 0.133. The minimum Gasteiger partial charge on any atom is -0.497 e. The minimum absolute atomic E-state index is 0.230. The molecule has 0 aliphatic carbocycles. The molecule has 1 atom stereocenters. The van der Waals surface area contributed by atoms with Gasteiger partial charge in [0.05, 0.1) is 32.0 Å². The summed E-state index contributed by atoms with van der Waals surface area (Å²) < 4.78 is 15.8. The van der Waals surface area contributed by atoms with Gasteiger partial charge in [-0.05, 0) is 60.2 Å². The van der Waals surface area contributed by atoms with Crippen molar-refractivity contribution in [2.75, 3.05) is 32.0 Å². The number of benzene rings is 4. The number of halogens is 1. The van der Waals surface area contributed by atoms with E-state index in [4.69, 9.17) is 25.8 Å². The van der Waals surface area contributed by atoms with Crippen LogP contribution < -0.4 is 24.8 Å². The van der Waals surface area contributed by atoms with E-state index in [0.717, 1.165) is 10.5 Å². The average molecular weight is 563 g/mol. The van der Waals surface area contributed by atoms with E-state index in [0.29, 0.717) is 39.2 Å². The number of hydrogen-bond acceptors (Lipinski definition) is 6. The molecule has 0 heterocycles. The van der Waals surface area contributed by atoms with E-state index >= 15 is 0 Å². The van der Waals surface area contributed by atoms with Gasteiger partial charge >= 0.3 is 0 Å². The molecule has 4 aromatic carbocycles. The number of ether oxygens (including phenoxy) is 3. The first kappa shape index (κ1) is 27.9. The largest absolute Gasteiger partial charge is 0.497 e. The fourth-order valence-corrected chi connectivity index (χ4v) is 5.02. The van der Waals surface area contributed by atoms with E-state index in [1.54, 1.807) is 55.6 Å². The molecule has 0 fully saturated rings. The summed E-state index contributed by atoms with van der Waals surface area (Å²) in [6.45, 7) is 0. The maximum Gasteiger partial charge on any atom is 0.255 e. The monoisotopic (exact) mass is 562 g/mol. The van der Waals surface area contributed by atoms with Crippen molar-refractivity contribution in [1.82, 2.24) is 0 Å². The lowest BCUT2D eigenvalue weighted by Gasteiger charge is -2.19. The van der Waals surface area contributed by atoms with Gasteiger partial charge in [-0.1, -0.05) is 41.9 Å². The molecule has 0 saturated carbocycles. The number of carbonyl (C=O) groups excluding carboxylic acids is 2. The third-order valence-electron chi connectivity index (χ3n) is 5.79. The van der Waals surface area contributed by atoms with Gasteiger partial charge in [-0.3, -0.25) is 9.59 Å². The first-order valence-electron chi connectivity index (χ1n) is 11.9. The van der Waals surface area contributed by atoms with Crippen LogP contribution in [0.25, 0.3) is 0 Å². The number of amides is 2. The zero-order valence-corrected chi connectivity index (χ0v) is 23.1. The summed E-state index contributed by atoms with van der Waals surface area (Å²) in [6.07, 6.45) is 0. The molecule has 0 spiro atoms. The van der Waals surface area contributed by atoms with Crippen molar-refractivity contribution in [3.05, 3.63) is 107 Å².